The third kappa shape index (κ3) is 10.1. The third-order valence-electron chi connectivity index (χ3n) is 10.3. The lowest BCUT2D eigenvalue weighted by Crippen LogP contribution is -2.58. The standard InChI is InChI=1S/C50H48O6S/c1-51-44-27-26-40(28-42-30-41-24-14-15-25-46(41)57-42)29-43(44)47-49(54-33-38-20-10-4-11-21-38)50(55-34-39-22-12-5-13-23-39)48(53-32-37-18-8-3-9-19-37)45(56-47)35-52-31-36-16-6-2-7-17-36/h2-27,29-30,45,47-50H,28,31-35H2,1H3/t45-,47+,48-,49+,50+/m1/s1. The monoisotopic (exact) mass is 776 g/mol. The fraction of sp³-hybridized carbons (Fsp3) is 0.240. The van der Waals surface area contributed by atoms with Crippen molar-refractivity contribution in [1.29, 1.82) is 0 Å². The second-order valence-electron chi connectivity index (χ2n) is 14.4. The number of methoxy groups -OCH3 is 1. The normalized spacial score (nSPS) is 19.4. The van der Waals surface area contributed by atoms with Crippen LogP contribution in [0.5, 0.6) is 5.75 Å². The van der Waals surface area contributed by atoms with Gasteiger partial charge in [-0.15, -0.1) is 11.3 Å². The molecule has 1 fully saturated rings. The number of benzene rings is 6. The summed E-state index contributed by atoms with van der Waals surface area (Å²) in [6.07, 6.45) is -1.95. The molecule has 290 valence electrons. The lowest BCUT2D eigenvalue weighted by molar-refractivity contribution is -0.275. The van der Waals surface area contributed by atoms with Gasteiger partial charge in [0.05, 0.1) is 40.1 Å². The molecule has 1 aliphatic rings. The van der Waals surface area contributed by atoms with Crippen LogP contribution in [0.1, 0.15) is 44.4 Å². The molecule has 6 aromatic carbocycles. The van der Waals surface area contributed by atoms with Crippen LogP contribution in [0.4, 0.5) is 0 Å². The molecule has 7 aromatic rings. The summed E-state index contributed by atoms with van der Waals surface area (Å²) in [5.74, 6) is 0.725. The van der Waals surface area contributed by atoms with Crippen molar-refractivity contribution in [3.05, 3.63) is 208 Å². The Hall–Kier alpha value is -5.12. The Kier molecular flexibility index (Phi) is 13.2. The number of hydrogen-bond donors (Lipinski definition) is 0. The van der Waals surface area contributed by atoms with Crippen LogP contribution >= 0.6 is 11.3 Å². The predicted octanol–water partition coefficient (Wildman–Crippen LogP) is 10.9. The topological polar surface area (TPSA) is 55.4 Å². The molecule has 1 saturated heterocycles. The van der Waals surface area contributed by atoms with E-state index < -0.39 is 30.5 Å². The Balaban J connectivity index is 1.18. The van der Waals surface area contributed by atoms with E-state index in [1.165, 1.54) is 15.0 Å². The molecule has 0 unspecified atom stereocenters. The molecule has 57 heavy (non-hydrogen) atoms. The second kappa shape index (κ2) is 19.4. The average Bonchev–Trinajstić information content (AvgIpc) is 3.68. The van der Waals surface area contributed by atoms with E-state index in [1.807, 2.05) is 90.2 Å². The first-order valence-corrected chi connectivity index (χ1v) is 20.4. The Morgan fingerprint density at radius 2 is 1.04 bits per heavy atom. The molecule has 0 spiro atoms. The number of hydrogen-bond acceptors (Lipinski definition) is 7. The Bertz CT molecular complexity index is 2230. The molecule has 0 radical (unpaired) electrons. The molecule has 5 atom stereocenters. The van der Waals surface area contributed by atoms with Crippen molar-refractivity contribution in [2.45, 2.75) is 63.4 Å². The predicted molar refractivity (Wildman–Crippen MR) is 226 cm³/mol. The molecule has 2 heterocycles. The van der Waals surface area contributed by atoms with Crippen LogP contribution in [0.3, 0.4) is 0 Å². The smallest absolute Gasteiger partial charge is 0.124 e. The summed E-state index contributed by atoms with van der Waals surface area (Å²) in [4.78, 5) is 1.29. The summed E-state index contributed by atoms with van der Waals surface area (Å²) in [6.45, 7) is 1.83. The lowest BCUT2D eigenvalue weighted by atomic mass is 9.89. The van der Waals surface area contributed by atoms with Crippen LogP contribution in [0.15, 0.2) is 170 Å². The maximum absolute atomic E-state index is 7.26. The maximum atomic E-state index is 7.26. The van der Waals surface area contributed by atoms with Crippen LogP contribution in [0.25, 0.3) is 10.1 Å². The number of rotatable bonds is 17. The van der Waals surface area contributed by atoms with Crippen molar-refractivity contribution in [3.63, 3.8) is 0 Å². The molecule has 0 bridgehead atoms. The maximum Gasteiger partial charge on any atom is 0.124 e. The van der Waals surface area contributed by atoms with Gasteiger partial charge in [-0.1, -0.05) is 146 Å². The van der Waals surface area contributed by atoms with Gasteiger partial charge in [0.15, 0.2) is 0 Å². The van der Waals surface area contributed by atoms with Gasteiger partial charge in [0.2, 0.25) is 0 Å². The van der Waals surface area contributed by atoms with Gasteiger partial charge in [-0.25, -0.2) is 0 Å². The molecule has 0 N–H and O–H groups in total. The molecule has 0 aliphatic carbocycles. The van der Waals surface area contributed by atoms with Crippen molar-refractivity contribution in [2.75, 3.05) is 13.7 Å². The zero-order valence-corrected chi connectivity index (χ0v) is 33.0. The Morgan fingerprint density at radius 1 is 0.509 bits per heavy atom. The first-order valence-electron chi connectivity index (χ1n) is 19.6. The SMILES string of the molecule is COc1ccc(Cc2cc3ccccc3s2)cc1[C@@H]1O[C@H](COCc2ccccc2)[C@@H](OCc2ccccc2)[C@H](OCc2ccccc2)[C@H]1OCc1ccccc1. The third-order valence-corrected chi connectivity index (χ3v) is 11.5. The van der Waals surface area contributed by atoms with Gasteiger partial charge in [-0.2, -0.15) is 0 Å². The van der Waals surface area contributed by atoms with Crippen LogP contribution in [0, 0.1) is 0 Å². The van der Waals surface area contributed by atoms with Crippen molar-refractivity contribution < 1.29 is 28.4 Å². The van der Waals surface area contributed by atoms with E-state index >= 15 is 0 Å². The molecule has 8 rings (SSSR count). The number of fused-ring (bicyclic) bond motifs is 1. The minimum absolute atomic E-state index is 0.283. The summed E-state index contributed by atoms with van der Waals surface area (Å²) in [5.41, 5.74) is 6.31. The summed E-state index contributed by atoms with van der Waals surface area (Å²) >= 11 is 1.83. The zero-order chi connectivity index (χ0) is 38.7. The summed E-state index contributed by atoms with van der Waals surface area (Å²) in [7, 11) is 1.71. The molecule has 6 nitrogen and oxygen atoms in total. The summed E-state index contributed by atoms with van der Waals surface area (Å²) < 4.78 is 42.0. The highest BCUT2D eigenvalue weighted by molar-refractivity contribution is 7.19. The van der Waals surface area contributed by atoms with Gasteiger partial charge >= 0.3 is 0 Å². The van der Waals surface area contributed by atoms with Gasteiger partial charge in [0, 0.05) is 21.6 Å². The van der Waals surface area contributed by atoms with Crippen molar-refractivity contribution in [2.24, 2.45) is 0 Å². The second-order valence-corrected chi connectivity index (χ2v) is 15.6. The molecular weight excluding hydrogens is 729 g/mol. The van der Waals surface area contributed by atoms with Gasteiger partial charge < -0.3 is 28.4 Å². The molecular formula is C50H48O6S. The average molecular weight is 777 g/mol. The zero-order valence-electron chi connectivity index (χ0n) is 32.2. The highest BCUT2D eigenvalue weighted by Gasteiger charge is 2.49. The van der Waals surface area contributed by atoms with Gasteiger partial charge in [-0.05, 0) is 57.5 Å². The van der Waals surface area contributed by atoms with Gasteiger partial charge in [0.25, 0.3) is 0 Å². The lowest BCUT2D eigenvalue weighted by Gasteiger charge is -2.46. The quantitative estimate of drug-likeness (QED) is 0.0918. The van der Waals surface area contributed by atoms with E-state index in [2.05, 4.69) is 91.0 Å². The van der Waals surface area contributed by atoms with E-state index in [1.54, 1.807) is 7.11 Å². The van der Waals surface area contributed by atoms with Crippen molar-refractivity contribution >= 4 is 21.4 Å². The Morgan fingerprint density at radius 3 is 1.61 bits per heavy atom. The summed E-state index contributed by atoms with van der Waals surface area (Å²) in [5, 5.41) is 1.26. The fourth-order valence-corrected chi connectivity index (χ4v) is 8.58. The molecule has 1 aromatic heterocycles. The molecule has 7 heteroatoms. The molecule has 1 aliphatic heterocycles. The van der Waals surface area contributed by atoms with E-state index in [4.69, 9.17) is 28.4 Å². The van der Waals surface area contributed by atoms with Crippen LogP contribution in [-0.4, -0.2) is 38.1 Å². The highest BCUT2D eigenvalue weighted by Crippen LogP contribution is 2.42. The minimum atomic E-state index is -0.575. The van der Waals surface area contributed by atoms with Crippen LogP contribution < -0.4 is 4.74 Å². The highest BCUT2D eigenvalue weighted by atomic mass is 32.1. The summed E-state index contributed by atoms with van der Waals surface area (Å²) in [6, 6.07) is 58.1. The number of thiophene rings is 1. The fourth-order valence-electron chi connectivity index (χ4n) is 7.48. The van der Waals surface area contributed by atoms with E-state index in [0.29, 0.717) is 26.4 Å². The first kappa shape index (κ1) is 38.7. The largest absolute Gasteiger partial charge is 0.496 e. The molecule has 0 amide bonds. The van der Waals surface area contributed by atoms with Crippen LogP contribution in [-0.2, 0) is 56.5 Å². The van der Waals surface area contributed by atoms with Gasteiger partial charge in [0.1, 0.15) is 36.3 Å². The van der Waals surface area contributed by atoms with E-state index in [0.717, 1.165) is 45.6 Å². The van der Waals surface area contributed by atoms with E-state index in [-0.39, 0.29) is 6.61 Å². The molecule has 0 saturated carbocycles. The van der Waals surface area contributed by atoms with Crippen molar-refractivity contribution in [3.8, 4) is 5.75 Å². The van der Waals surface area contributed by atoms with Crippen LogP contribution in [0.2, 0.25) is 0 Å². The van der Waals surface area contributed by atoms with Gasteiger partial charge in [-0.3, -0.25) is 0 Å². The Labute approximate surface area is 339 Å². The first-order chi connectivity index (χ1) is 28.2. The van der Waals surface area contributed by atoms with E-state index in [9.17, 15) is 0 Å². The van der Waals surface area contributed by atoms with Crippen molar-refractivity contribution in [1.82, 2.24) is 0 Å². The number of ether oxygens (including phenoxy) is 6. The minimum Gasteiger partial charge on any atom is -0.496 e.